The molecule has 134 valence electrons. The van der Waals surface area contributed by atoms with Gasteiger partial charge in [-0.05, 0) is 27.2 Å². The van der Waals surface area contributed by atoms with Gasteiger partial charge in [-0.3, -0.25) is 0 Å². The number of methoxy groups -OCH3 is 2. The van der Waals surface area contributed by atoms with Crippen LogP contribution in [0.15, 0.2) is 6.20 Å². The minimum absolute atomic E-state index is 0.0617. The maximum absolute atomic E-state index is 12.2. The van der Waals surface area contributed by atoms with Crippen molar-refractivity contribution in [1.82, 2.24) is 14.9 Å². The first-order valence-electron chi connectivity index (χ1n) is 7.91. The summed E-state index contributed by atoms with van der Waals surface area (Å²) < 4.78 is 15.8. The summed E-state index contributed by atoms with van der Waals surface area (Å²) in [6.45, 7) is 7.03. The Kier molecular flexibility index (Phi) is 5.36. The van der Waals surface area contributed by atoms with E-state index in [0.717, 1.165) is 18.7 Å². The molecule has 0 saturated carbocycles. The van der Waals surface area contributed by atoms with Crippen molar-refractivity contribution in [3.63, 3.8) is 0 Å². The monoisotopic (exact) mass is 338 g/mol. The van der Waals surface area contributed by atoms with Crippen LogP contribution in [0.25, 0.3) is 0 Å². The van der Waals surface area contributed by atoms with Crippen LogP contribution in [0, 0.1) is 0 Å². The quantitative estimate of drug-likeness (QED) is 0.830. The molecule has 0 spiro atoms. The maximum atomic E-state index is 12.2. The van der Waals surface area contributed by atoms with Crippen LogP contribution in [-0.4, -0.2) is 67.0 Å². The Hall–Kier alpha value is -2.25. The van der Waals surface area contributed by atoms with Gasteiger partial charge in [-0.25, -0.2) is 9.78 Å². The van der Waals surface area contributed by atoms with Gasteiger partial charge in [0.25, 0.3) is 0 Å². The summed E-state index contributed by atoms with van der Waals surface area (Å²) >= 11 is 0. The maximum Gasteiger partial charge on any atom is 0.410 e. The third-order valence-corrected chi connectivity index (χ3v) is 3.82. The fraction of sp³-hybridized carbons (Fsp3) is 0.688. The first-order chi connectivity index (χ1) is 11.2. The van der Waals surface area contributed by atoms with Gasteiger partial charge >= 0.3 is 12.1 Å². The van der Waals surface area contributed by atoms with Gasteiger partial charge in [-0.15, -0.1) is 0 Å². The van der Waals surface area contributed by atoms with Crippen molar-refractivity contribution in [3.05, 3.63) is 6.20 Å². The highest BCUT2D eigenvalue weighted by Gasteiger charge is 2.32. The Balaban J connectivity index is 2.06. The van der Waals surface area contributed by atoms with Crippen molar-refractivity contribution >= 4 is 11.8 Å². The second-order valence-corrected chi connectivity index (χ2v) is 6.73. The van der Waals surface area contributed by atoms with Crippen LogP contribution in [0.4, 0.5) is 10.5 Å². The highest BCUT2D eigenvalue weighted by atomic mass is 16.6. The predicted molar refractivity (Wildman–Crippen MR) is 89.8 cm³/mol. The molecule has 0 aromatic carbocycles. The van der Waals surface area contributed by atoms with Gasteiger partial charge in [-0.2, -0.15) is 4.98 Å². The Labute approximate surface area is 142 Å². The molecule has 2 heterocycles. The van der Waals surface area contributed by atoms with E-state index in [-0.39, 0.29) is 18.1 Å². The molecule has 1 aromatic heterocycles. The van der Waals surface area contributed by atoms with Gasteiger partial charge in [0, 0.05) is 20.1 Å². The lowest BCUT2D eigenvalue weighted by atomic mass is 10.2. The second kappa shape index (κ2) is 7.11. The van der Waals surface area contributed by atoms with E-state index < -0.39 is 5.60 Å². The van der Waals surface area contributed by atoms with Crippen LogP contribution in [-0.2, 0) is 4.74 Å². The average molecular weight is 338 g/mol. The van der Waals surface area contributed by atoms with E-state index in [1.807, 2.05) is 20.8 Å². The van der Waals surface area contributed by atoms with Crippen molar-refractivity contribution < 1.29 is 19.0 Å². The molecule has 0 bridgehead atoms. The fourth-order valence-corrected chi connectivity index (χ4v) is 2.57. The molecular weight excluding hydrogens is 312 g/mol. The molecule has 0 N–H and O–H groups in total. The molecule has 2 rings (SSSR count). The van der Waals surface area contributed by atoms with Crippen LogP contribution in [0.2, 0.25) is 0 Å². The van der Waals surface area contributed by atoms with Gasteiger partial charge in [0.15, 0.2) is 0 Å². The number of carbonyl (C=O) groups excluding carboxylic acids is 1. The zero-order valence-electron chi connectivity index (χ0n) is 15.2. The predicted octanol–water partition coefficient (Wildman–Crippen LogP) is 1.94. The molecule has 8 heteroatoms. The molecule has 8 nitrogen and oxygen atoms in total. The van der Waals surface area contributed by atoms with Gasteiger partial charge in [0.1, 0.15) is 11.3 Å². The zero-order valence-corrected chi connectivity index (χ0v) is 15.2. The first-order valence-corrected chi connectivity index (χ1v) is 7.91. The Morgan fingerprint density at radius 2 is 2.04 bits per heavy atom. The van der Waals surface area contributed by atoms with Crippen LogP contribution >= 0.6 is 0 Å². The number of rotatable bonds is 4. The van der Waals surface area contributed by atoms with Gasteiger partial charge in [0.05, 0.1) is 26.5 Å². The van der Waals surface area contributed by atoms with Crippen molar-refractivity contribution in [2.75, 3.05) is 39.3 Å². The summed E-state index contributed by atoms with van der Waals surface area (Å²) in [6.07, 6.45) is 2.21. The standard InChI is InChI=1S/C16H26N4O4/c1-16(2,3)24-15(21)19(4)11-7-8-20(10-11)12-9-17-14(23-6)18-13(12)22-5/h9,11H,7-8,10H2,1-6H3/t11-/m1/s1. The second-order valence-electron chi connectivity index (χ2n) is 6.73. The number of anilines is 1. The number of hydrogen-bond acceptors (Lipinski definition) is 7. The smallest absolute Gasteiger partial charge is 0.410 e. The molecule has 1 atom stereocenters. The number of aromatic nitrogens is 2. The van der Waals surface area contributed by atoms with Crippen molar-refractivity contribution in [2.45, 2.75) is 38.8 Å². The molecule has 1 aliphatic heterocycles. The Bertz CT molecular complexity index is 588. The minimum Gasteiger partial charge on any atom is -0.479 e. The normalized spacial score (nSPS) is 17.6. The van der Waals surface area contributed by atoms with Crippen LogP contribution in [0.3, 0.4) is 0 Å². The SMILES string of the molecule is COc1ncc(N2CC[C@@H](N(C)C(=O)OC(C)(C)C)C2)c(OC)n1. The van der Waals surface area contributed by atoms with Crippen LogP contribution in [0.1, 0.15) is 27.2 Å². The highest BCUT2D eigenvalue weighted by molar-refractivity contribution is 5.68. The lowest BCUT2D eigenvalue weighted by Gasteiger charge is -2.28. The van der Waals surface area contributed by atoms with E-state index in [2.05, 4.69) is 14.9 Å². The molecular formula is C16H26N4O4. The molecule has 0 radical (unpaired) electrons. The third-order valence-electron chi connectivity index (χ3n) is 3.82. The minimum atomic E-state index is -0.503. The number of carbonyl (C=O) groups is 1. The molecule has 1 fully saturated rings. The van der Waals surface area contributed by atoms with E-state index in [0.29, 0.717) is 12.4 Å². The lowest BCUT2D eigenvalue weighted by molar-refractivity contribution is 0.0238. The molecule has 1 amide bonds. The summed E-state index contributed by atoms with van der Waals surface area (Å²) in [7, 11) is 4.84. The molecule has 24 heavy (non-hydrogen) atoms. The highest BCUT2D eigenvalue weighted by Crippen LogP contribution is 2.30. The van der Waals surface area contributed by atoms with Crippen molar-refractivity contribution in [3.8, 4) is 11.9 Å². The number of ether oxygens (including phenoxy) is 3. The summed E-state index contributed by atoms with van der Waals surface area (Å²) in [5, 5.41) is 0. The van der Waals surface area contributed by atoms with Crippen LogP contribution in [0.5, 0.6) is 11.9 Å². The topological polar surface area (TPSA) is 77.0 Å². The Morgan fingerprint density at radius 1 is 1.33 bits per heavy atom. The van der Waals surface area contributed by atoms with E-state index in [9.17, 15) is 4.79 Å². The number of amides is 1. The first kappa shape index (κ1) is 18.1. The average Bonchev–Trinajstić information content (AvgIpc) is 3.01. The van der Waals surface area contributed by atoms with Crippen molar-refractivity contribution in [2.24, 2.45) is 0 Å². The summed E-state index contributed by atoms with van der Waals surface area (Å²) in [5.74, 6) is 0.461. The van der Waals surface area contributed by atoms with E-state index in [1.54, 1.807) is 25.3 Å². The summed E-state index contributed by atoms with van der Waals surface area (Å²) in [6, 6.07) is 0.323. The molecule has 0 unspecified atom stereocenters. The lowest BCUT2D eigenvalue weighted by Crippen LogP contribution is -2.42. The largest absolute Gasteiger partial charge is 0.479 e. The zero-order chi connectivity index (χ0) is 17.9. The number of nitrogens with zero attached hydrogens (tertiary/aromatic N) is 4. The molecule has 1 aliphatic rings. The number of likely N-dealkylation sites (N-methyl/N-ethyl adjacent to an activating group) is 1. The van der Waals surface area contributed by atoms with Crippen molar-refractivity contribution in [1.29, 1.82) is 0 Å². The molecule has 0 aliphatic carbocycles. The van der Waals surface area contributed by atoms with Gasteiger partial charge in [0.2, 0.25) is 5.88 Å². The van der Waals surface area contributed by atoms with Gasteiger partial charge in [-0.1, -0.05) is 0 Å². The van der Waals surface area contributed by atoms with Gasteiger partial charge < -0.3 is 24.0 Å². The molecule has 1 saturated heterocycles. The van der Waals surface area contributed by atoms with E-state index >= 15 is 0 Å². The fourth-order valence-electron chi connectivity index (χ4n) is 2.57. The summed E-state index contributed by atoms with van der Waals surface area (Å²) in [4.78, 5) is 24.3. The summed E-state index contributed by atoms with van der Waals surface area (Å²) in [5.41, 5.74) is 0.287. The third kappa shape index (κ3) is 4.18. The molecule has 1 aromatic rings. The van der Waals surface area contributed by atoms with E-state index in [4.69, 9.17) is 14.2 Å². The number of hydrogen-bond donors (Lipinski definition) is 0. The Morgan fingerprint density at radius 3 is 2.62 bits per heavy atom. The van der Waals surface area contributed by atoms with E-state index in [1.165, 1.54) is 7.11 Å². The van der Waals surface area contributed by atoms with Crippen LogP contribution < -0.4 is 14.4 Å².